The second-order valence-electron chi connectivity index (χ2n) is 7.27. The summed E-state index contributed by atoms with van der Waals surface area (Å²) >= 11 is 0. The standard InChI is InChI=1S/C23H33N5O2/c1-3-29-19-9-10-21(30-4-2)20(16-19)27-23(24)26-17-18-11-12-25-22(15-18)28-13-7-5-6-8-14-28/h9-12,15-16H,3-8,13-14,17H2,1-2H3,(H3,24,26,27). The van der Waals surface area contributed by atoms with Gasteiger partial charge in [0, 0.05) is 25.4 Å². The third kappa shape index (κ3) is 6.27. The zero-order valence-electron chi connectivity index (χ0n) is 18.1. The quantitative estimate of drug-likeness (QED) is 0.501. The molecule has 1 saturated heterocycles. The number of nitrogens with one attached hydrogen (secondary N) is 1. The number of benzene rings is 1. The van der Waals surface area contributed by atoms with Crippen molar-refractivity contribution in [3.8, 4) is 11.5 Å². The highest BCUT2D eigenvalue weighted by Crippen LogP contribution is 2.29. The van der Waals surface area contributed by atoms with Gasteiger partial charge in [-0.2, -0.15) is 0 Å². The van der Waals surface area contributed by atoms with Gasteiger partial charge in [-0.05, 0) is 56.5 Å². The van der Waals surface area contributed by atoms with Gasteiger partial charge in [0.1, 0.15) is 17.3 Å². The Morgan fingerprint density at radius 3 is 2.57 bits per heavy atom. The van der Waals surface area contributed by atoms with Crippen LogP contribution in [-0.2, 0) is 6.54 Å². The summed E-state index contributed by atoms with van der Waals surface area (Å²) in [5, 5.41) is 3.15. The van der Waals surface area contributed by atoms with Crippen LogP contribution in [-0.4, -0.2) is 37.2 Å². The van der Waals surface area contributed by atoms with E-state index in [2.05, 4.69) is 26.3 Å². The maximum absolute atomic E-state index is 6.16. The van der Waals surface area contributed by atoms with E-state index in [1.807, 2.05) is 44.3 Å². The van der Waals surface area contributed by atoms with Crippen LogP contribution in [0.2, 0.25) is 0 Å². The van der Waals surface area contributed by atoms with E-state index in [1.54, 1.807) is 0 Å². The fourth-order valence-corrected chi connectivity index (χ4v) is 3.53. The molecular formula is C23H33N5O2. The highest BCUT2D eigenvalue weighted by atomic mass is 16.5. The Hall–Kier alpha value is -2.96. The lowest BCUT2D eigenvalue weighted by molar-refractivity contribution is 0.332. The van der Waals surface area contributed by atoms with Crippen LogP contribution in [0.25, 0.3) is 0 Å². The fourth-order valence-electron chi connectivity index (χ4n) is 3.53. The van der Waals surface area contributed by atoms with Crippen LogP contribution in [0, 0.1) is 0 Å². The summed E-state index contributed by atoms with van der Waals surface area (Å²) in [6.07, 6.45) is 6.91. The van der Waals surface area contributed by atoms with Crippen molar-refractivity contribution in [2.45, 2.75) is 46.1 Å². The van der Waals surface area contributed by atoms with E-state index in [0.29, 0.717) is 31.5 Å². The first-order valence-electron chi connectivity index (χ1n) is 10.9. The van der Waals surface area contributed by atoms with Crippen LogP contribution in [0.5, 0.6) is 11.5 Å². The van der Waals surface area contributed by atoms with Crippen molar-refractivity contribution in [2.75, 3.05) is 36.5 Å². The molecule has 7 heteroatoms. The molecule has 1 aliphatic heterocycles. The average Bonchev–Trinajstić information content (AvgIpc) is 3.04. The zero-order chi connectivity index (χ0) is 21.2. The smallest absolute Gasteiger partial charge is 0.193 e. The molecule has 30 heavy (non-hydrogen) atoms. The Balaban J connectivity index is 1.68. The van der Waals surface area contributed by atoms with Gasteiger partial charge in [-0.25, -0.2) is 9.98 Å². The number of pyridine rings is 1. The highest BCUT2D eigenvalue weighted by Gasteiger charge is 2.11. The molecule has 0 unspecified atom stereocenters. The van der Waals surface area contributed by atoms with Crippen LogP contribution in [0.4, 0.5) is 11.5 Å². The normalized spacial score (nSPS) is 14.9. The first-order valence-corrected chi connectivity index (χ1v) is 10.9. The van der Waals surface area contributed by atoms with E-state index < -0.39 is 0 Å². The lowest BCUT2D eigenvalue weighted by atomic mass is 10.2. The average molecular weight is 412 g/mol. The Labute approximate surface area is 179 Å². The number of aromatic nitrogens is 1. The molecule has 0 radical (unpaired) electrons. The number of ether oxygens (including phenoxy) is 2. The van der Waals surface area contributed by atoms with Crippen molar-refractivity contribution in [1.29, 1.82) is 0 Å². The molecule has 0 amide bonds. The molecule has 1 aromatic heterocycles. The number of anilines is 2. The van der Waals surface area contributed by atoms with Crippen LogP contribution in [0.15, 0.2) is 41.5 Å². The molecular weight excluding hydrogens is 378 g/mol. The first-order chi connectivity index (χ1) is 14.7. The molecule has 1 aromatic carbocycles. The Kier molecular flexibility index (Phi) is 8.18. The summed E-state index contributed by atoms with van der Waals surface area (Å²) < 4.78 is 11.3. The van der Waals surface area contributed by atoms with Gasteiger partial charge in [-0.1, -0.05) is 12.8 Å². The van der Waals surface area contributed by atoms with Gasteiger partial charge in [0.25, 0.3) is 0 Å². The predicted molar refractivity (Wildman–Crippen MR) is 123 cm³/mol. The highest BCUT2D eigenvalue weighted by molar-refractivity contribution is 5.94. The van der Waals surface area contributed by atoms with Gasteiger partial charge in [0.15, 0.2) is 5.96 Å². The van der Waals surface area contributed by atoms with Crippen LogP contribution in [0.3, 0.4) is 0 Å². The number of nitrogens with zero attached hydrogens (tertiary/aromatic N) is 3. The van der Waals surface area contributed by atoms with E-state index >= 15 is 0 Å². The number of guanidine groups is 1. The van der Waals surface area contributed by atoms with Gasteiger partial charge >= 0.3 is 0 Å². The van der Waals surface area contributed by atoms with E-state index in [1.165, 1.54) is 25.7 Å². The Morgan fingerprint density at radius 1 is 1.07 bits per heavy atom. The SMILES string of the molecule is CCOc1ccc(OCC)c(NC(N)=NCc2ccnc(N3CCCCCC3)c2)c1. The second-order valence-corrected chi connectivity index (χ2v) is 7.27. The van der Waals surface area contributed by atoms with Crippen LogP contribution >= 0.6 is 0 Å². The number of hydrogen-bond donors (Lipinski definition) is 2. The minimum absolute atomic E-state index is 0.331. The number of nitrogens with two attached hydrogens (primary N) is 1. The van der Waals surface area contributed by atoms with Crippen molar-refractivity contribution in [2.24, 2.45) is 10.7 Å². The van der Waals surface area contributed by atoms with Gasteiger partial charge in [0.2, 0.25) is 0 Å². The summed E-state index contributed by atoms with van der Waals surface area (Å²) in [6.45, 7) is 7.68. The van der Waals surface area contributed by atoms with Crippen molar-refractivity contribution in [3.63, 3.8) is 0 Å². The molecule has 3 N–H and O–H groups in total. The number of hydrogen-bond acceptors (Lipinski definition) is 5. The second kappa shape index (κ2) is 11.3. The summed E-state index contributed by atoms with van der Waals surface area (Å²) in [5.41, 5.74) is 7.99. The zero-order valence-corrected chi connectivity index (χ0v) is 18.1. The Morgan fingerprint density at radius 2 is 1.83 bits per heavy atom. The lowest BCUT2D eigenvalue weighted by Crippen LogP contribution is -2.25. The summed E-state index contributed by atoms with van der Waals surface area (Å²) in [7, 11) is 0. The molecule has 7 nitrogen and oxygen atoms in total. The molecule has 3 rings (SSSR count). The van der Waals surface area contributed by atoms with E-state index in [0.717, 1.165) is 35.9 Å². The third-order valence-electron chi connectivity index (χ3n) is 5.00. The van der Waals surface area contributed by atoms with E-state index in [4.69, 9.17) is 15.2 Å². The largest absolute Gasteiger partial charge is 0.494 e. The molecule has 1 fully saturated rings. The first kappa shape index (κ1) is 21.7. The third-order valence-corrected chi connectivity index (χ3v) is 5.00. The monoisotopic (exact) mass is 411 g/mol. The van der Waals surface area contributed by atoms with Gasteiger partial charge in [-0.3, -0.25) is 0 Å². The van der Waals surface area contributed by atoms with Gasteiger partial charge in [-0.15, -0.1) is 0 Å². The molecule has 1 aliphatic rings. The van der Waals surface area contributed by atoms with Crippen molar-refractivity contribution < 1.29 is 9.47 Å². The van der Waals surface area contributed by atoms with E-state index in [-0.39, 0.29) is 0 Å². The van der Waals surface area contributed by atoms with Crippen LogP contribution in [0.1, 0.15) is 45.1 Å². The molecule has 162 valence electrons. The number of aliphatic imine (C=N–C) groups is 1. The van der Waals surface area contributed by atoms with Gasteiger partial charge in [0.05, 0.1) is 25.4 Å². The molecule has 2 heterocycles. The fraction of sp³-hybridized carbons (Fsp3) is 0.478. The molecule has 0 bridgehead atoms. The van der Waals surface area contributed by atoms with E-state index in [9.17, 15) is 0 Å². The minimum Gasteiger partial charge on any atom is -0.494 e. The van der Waals surface area contributed by atoms with Crippen molar-refractivity contribution in [1.82, 2.24) is 4.98 Å². The molecule has 0 atom stereocenters. The molecule has 0 saturated carbocycles. The van der Waals surface area contributed by atoms with Crippen molar-refractivity contribution in [3.05, 3.63) is 42.1 Å². The maximum atomic E-state index is 6.16. The maximum Gasteiger partial charge on any atom is 0.193 e. The van der Waals surface area contributed by atoms with Crippen LogP contribution < -0.4 is 25.4 Å². The summed E-state index contributed by atoms with van der Waals surface area (Å²) in [4.78, 5) is 11.4. The summed E-state index contributed by atoms with van der Waals surface area (Å²) in [6, 6.07) is 9.73. The van der Waals surface area contributed by atoms with Gasteiger partial charge < -0.3 is 25.4 Å². The van der Waals surface area contributed by atoms with Crippen molar-refractivity contribution >= 4 is 17.5 Å². The Bertz CT molecular complexity index is 832. The summed E-state index contributed by atoms with van der Waals surface area (Å²) in [5.74, 6) is 2.83. The minimum atomic E-state index is 0.331. The lowest BCUT2D eigenvalue weighted by Gasteiger charge is -2.21. The molecule has 2 aromatic rings. The predicted octanol–water partition coefficient (Wildman–Crippen LogP) is 4.19. The molecule has 0 aliphatic carbocycles. The number of rotatable bonds is 8. The molecule has 0 spiro atoms. The topological polar surface area (TPSA) is 85.0 Å².